The summed E-state index contributed by atoms with van der Waals surface area (Å²) in [4.78, 5) is 21.2. The van der Waals surface area contributed by atoms with Crippen LogP contribution in [0.5, 0.6) is 0 Å². The first-order valence-electron chi connectivity index (χ1n) is 10.8. The van der Waals surface area contributed by atoms with Gasteiger partial charge in [0.15, 0.2) is 5.65 Å². The molecule has 4 heterocycles. The Morgan fingerprint density at radius 1 is 1.03 bits per heavy atom. The number of halogens is 1. The quantitative estimate of drug-likeness (QED) is 0.388. The summed E-state index contributed by atoms with van der Waals surface area (Å²) in [6.07, 6.45) is 6.28. The van der Waals surface area contributed by atoms with Crippen LogP contribution in [0.3, 0.4) is 0 Å². The average Bonchev–Trinajstić information content (AvgIpc) is 3.39. The van der Waals surface area contributed by atoms with Crippen LogP contribution in [0, 0.1) is 6.92 Å². The van der Waals surface area contributed by atoms with E-state index in [2.05, 4.69) is 22.1 Å². The molecule has 162 valence electrons. The Morgan fingerprint density at radius 3 is 2.70 bits per heavy atom. The minimum Gasteiger partial charge on any atom is -0.361 e. The molecule has 0 aliphatic carbocycles. The molecule has 6 rings (SSSR count). The number of hydrogen-bond acceptors (Lipinski definition) is 3. The Bertz CT molecular complexity index is 1710. The molecule has 0 fully saturated rings. The number of aromatic amines is 1. The lowest BCUT2D eigenvalue weighted by Crippen LogP contribution is -2.21. The van der Waals surface area contributed by atoms with Gasteiger partial charge in [0.2, 0.25) is 0 Å². The van der Waals surface area contributed by atoms with Crippen molar-refractivity contribution in [2.24, 2.45) is 0 Å². The van der Waals surface area contributed by atoms with Crippen molar-refractivity contribution < 1.29 is 0 Å². The first-order chi connectivity index (χ1) is 16.1. The van der Waals surface area contributed by atoms with Gasteiger partial charge in [-0.15, -0.1) is 0 Å². The number of para-hydroxylation sites is 1. The van der Waals surface area contributed by atoms with Gasteiger partial charge >= 0.3 is 0 Å². The summed E-state index contributed by atoms with van der Waals surface area (Å²) in [6, 6.07) is 17.8. The standard InChI is InChI=1S/C26H20ClN5O/c1-16-24(17-6-8-19(27)9-7-17)25-29-15-21-23(32(25)30-16)11-13-31(26(21)33)12-10-18-14-28-22-5-3-2-4-20(18)22/h2-9,11,13-15,28H,10,12H2,1H3. The number of aromatic nitrogens is 5. The van der Waals surface area contributed by atoms with Crippen molar-refractivity contribution in [2.75, 3.05) is 0 Å². The molecule has 4 aromatic heterocycles. The van der Waals surface area contributed by atoms with Crippen LogP contribution in [0.4, 0.5) is 0 Å². The van der Waals surface area contributed by atoms with Crippen molar-refractivity contribution in [3.8, 4) is 11.1 Å². The number of rotatable bonds is 4. The van der Waals surface area contributed by atoms with E-state index >= 15 is 0 Å². The molecule has 0 atom stereocenters. The lowest BCUT2D eigenvalue weighted by molar-refractivity contribution is 0.676. The lowest BCUT2D eigenvalue weighted by atomic mass is 10.1. The van der Waals surface area contributed by atoms with Gasteiger partial charge in [-0.1, -0.05) is 41.9 Å². The highest BCUT2D eigenvalue weighted by Crippen LogP contribution is 2.29. The van der Waals surface area contributed by atoms with E-state index in [4.69, 9.17) is 16.7 Å². The summed E-state index contributed by atoms with van der Waals surface area (Å²) >= 11 is 6.05. The molecule has 0 bridgehead atoms. The van der Waals surface area contributed by atoms with Crippen LogP contribution in [-0.2, 0) is 13.0 Å². The number of nitrogens with one attached hydrogen (secondary N) is 1. The first kappa shape index (κ1) is 19.8. The van der Waals surface area contributed by atoms with Crippen molar-refractivity contribution in [2.45, 2.75) is 19.9 Å². The Hall–Kier alpha value is -3.90. The van der Waals surface area contributed by atoms with E-state index in [9.17, 15) is 4.79 Å². The van der Waals surface area contributed by atoms with Crippen molar-refractivity contribution >= 4 is 39.1 Å². The highest BCUT2D eigenvalue weighted by molar-refractivity contribution is 6.30. The van der Waals surface area contributed by atoms with Gasteiger partial charge in [-0.2, -0.15) is 5.10 Å². The van der Waals surface area contributed by atoms with Gasteiger partial charge in [-0.05, 0) is 48.7 Å². The number of aryl methyl sites for hydroxylation is 3. The van der Waals surface area contributed by atoms with E-state index in [0.29, 0.717) is 17.0 Å². The molecule has 6 nitrogen and oxygen atoms in total. The van der Waals surface area contributed by atoms with Gasteiger partial charge < -0.3 is 9.55 Å². The largest absolute Gasteiger partial charge is 0.361 e. The predicted molar refractivity (Wildman–Crippen MR) is 132 cm³/mol. The molecule has 0 unspecified atom stereocenters. The second kappa shape index (κ2) is 7.60. The Labute approximate surface area is 194 Å². The monoisotopic (exact) mass is 453 g/mol. The Morgan fingerprint density at radius 2 is 1.85 bits per heavy atom. The molecule has 0 radical (unpaired) electrons. The van der Waals surface area contributed by atoms with Crippen molar-refractivity contribution in [1.82, 2.24) is 24.1 Å². The topological polar surface area (TPSA) is 68.0 Å². The number of benzene rings is 2. The minimum absolute atomic E-state index is 0.0667. The molecule has 6 aromatic rings. The van der Waals surface area contributed by atoms with Crippen LogP contribution in [0.15, 0.2) is 78.0 Å². The summed E-state index contributed by atoms with van der Waals surface area (Å²) in [5, 5.41) is 7.12. The predicted octanol–water partition coefficient (Wildman–Crippen LogP) is 5.40. The van der Waals surface area contributed by atoms with Crippen LogP contribution in [0.2, 0.25) is 5.02 Å². The Kier molecular flexibility index (Phi) is 4.55. The maximum atomic E-state index is 13.3. The summed E-state index contributed by atoms with van der Waals surface area (Å²) in [6.45, 7) is 2.54. The van der Waals surface area contributed by atoms with Crippen LogP contribution >= 0.6 is 11.6 Å². The minimum atomic E-state index is -0.0667. The van der Waals surface area contributed by atoms with E-state index < -0.39 is 0 Å². The third-order valence-electron chi connectivity index (χ3n) is 6.19. The van der Waals surface area contributed by atoms with E-state index in [1.807, 2.05) is 61.8 Å². The fraction of sp³-hybridized carbons (Fsp3) is 0.115. The van der Waals surface area contributed by atoms with E-state index in [0.717, 1.165) is 39.9 Å². The number of nitrogens with zero attached hydrogens (tertiary/aromatic N) is 4. The zero-order valence-electron chi connectivity index (χ0n) is 17.9. The second-order valence-electron chi connectivity index (χ2n) is 8.18. The fourth-order valence-corrected chi connectivity index (χ4v) is 4.65. The smallest absolute Gasteiger partial charge is 0.261 e. The SMILES string of the molecule is Cc1nn2c(ncc3c(=O)n(CCc4c[nH]c5ccccc45)ccc32)c1-c1ccc(Cl)cc1. The first-order valence-corrected chi connectivity index (χ1v) is 11.2. The molecule has 0 aliphatic heterocycles. The molecular weight excluding hydrogens is 434 g/mol. The van der Waals surface area contributed by atoms with Crippen LogP contribution < -0.4 is 5.56 Å². The molecule has 7 heteroatoms. The normalized spacial score (nSPS) is 11.7. The molecule has 0 spiro atoms. The van der Waals surface area contributed by atoms with Crippen molar-refractivity contribution in [3.63, 3.8) is 0 Å². The molecule has 2 aromatic carbocycles. The lowest BCUT2D eigenvalue weighted by Gasteiger charge is -2.08. The number of pyridine rings is 1. The highest BCUT2D eigenvalue weighted by atomic mass is 35.5. The molecule has 0 aliphatic rings. The van der Waals surface area contributed by atoms with Crippen molar-refractivity contribution in [1.29, 1.82) is 0 Å². The average molecular weight is 454 g/mol. The van der Waals surface area contributed by atoms with Gasteiger partial charge in [0.1, 0.15) is 0 Å². The Balaban J connectivity index is 1.40. The van der Waals surface area contributed by atoms with Gasteiger partial charge in [-0.3, -0.25) is 4.79 Å². The second-order valence-corrected chi connectivity index (χ2v) is 8.62. The maximum Gasteiger partial charge on any atom is 0.261 e. The summed E-state index contributed by atoms with van der Waals surface area (Å²) < 4.78 is 3.51. The summed E-state index contributed by atoms with van der Waals surface area (Å²) in [5.74, 6) is 0. The number of fused-ring (bicyclic) bond motifs is 4. The highest BCUT2D eigenvalue weighted by Gasteiger charge is 2.16. The van der Waals surface area contributed by atoms with Crippen LogP contribution in [0.1, 0.15) is 11.3 Å². The van der Waals surface area contributed by atoms with E-state index in [1.165, 1.54) is 10.9 Å². The van der Waals surface area contributed by atoms with E-state index in [1.54, 1.807) is 15.3 Å². The van der Waals surface area contributed by atoms with Gasteiger partial charge in [-0.25, -0.2) is 9.50 Å². The zero-order valence-corrected chi connectivity index (χ0v) is 18.7. The van der Waals surface area contributed by atoms with Crippen LogP contribution in [-0.4, -0.2) is 24.1 Å². The molecule has 0 saturated heterocycles. The van der Waals surface area contributed by atoms with Crippen molar-refractivity contribution in [3.05, 3.63) is 99.8 Å². The zero-order chi connectivity index (χ0) is 22.5. The number of hydrogen-bond donors (Lipinski definition) is 1. The maximum absolute atomic E-state index is 13.3. The fourth-order valence-electron chi connectivity index (χ4n) is 4.53. The van der Waals surface area contributed by atoms with Gasteiger partial charge in [0.25, 0.3) is 5.56 Å². The molecular formula is C26H20ClN5O. The third kappa shape index (κ3) is 3.22. The molecule has 0 saturated carbocycles. The molecule has 0 amide bonds. The molecule has 33 heavy (non-hydrogen) atoms. The van der Waals surface area contributed by atoms with Crippen LogP contribution in [0.25, 0.3) is 38.6 Å². The summed E-state index contributed by atoms with van der Waals surface area (Å²) in [5.41, 5.74) is 6.48. The molecule has 1 N–H and O–H groups in total. The number of H-pyrrole nitrogens is 1. The van der Waals surface area contributed by atoms with E-state index in [-0.39, 0.29) is 5.56 Å². The van der Waals surface area contributed by atoms with Gasteiger partial charge in [0.05, 0.1) is 16.6 Å². The third-order valence-corrected chi connectivity index (χ3v) is 6.44. The summed E-state index contributed by atoms with van der Waals surface area (Å²) in [7, 11) is 0. The van der Waals surface area contributed by atoms with Gasteiger partial charge in [0, 0.05) is 46.6 Å².